The molecule has 0 saturated carbocycles. The van der Waals surface area contributed by atoms with Crippen LogP contribution in [0.3, 0.4) is 0 Å². The maximum Gasteiger partial charge on any atom is 0.0816 e. The zero-order valence-electron chi connectivity index (χ0n) is 7.39. The maximum atomic E-state index is 5.68. The molecule has 0 aromatic rings. The fourth-order valence-corrected chi connectivity index (χ4v) is 1.48. The van der Waals surface area contributed by atoms with Crippen LogP contribution in [-0.2, 0) is 4.74 Å². The van der Waals surface area contributed by atoms with E-state index in [4.69, 9.17) is 10.5 Å². The Labute approximate surface area is 68.3 Å². The zero-order valence-corrected chi connectivity index (χ0v) is 7.39. The van der Waals surface area contributed by atoms with Crippen LogP contribution in [-0.4, -0.2) is 31.3 Å². The van der Waals surface area contributed by atoms with Gasteiger partial charge in [0.15, 0.2) is 0 Å². The summed E-state index contributed by atoms with van der Waals surface area (Å²) in [6.07, 6.45) is 0.932. The topological polar surface area (TPSA) is 47.3 Å². The van der Waals surface area contributed by atoms with Crippen LogP contribution in [0.25, 0.3) is 0 Å². The fourth-order valence-electron chi connectivity index (χ4n) is 1.48. The van der Waals surface area contributed by atoms with E-state index in [9.17, 15) is 0 Å². The Hall–Kier alpha value is -0.120. The van der Waals surface area contributed by atoms with Gasteiger partial charge in [-0.1, -0.05) is 0 Å². The van der Waals surface area contributed by atoms with Crippen LogP contribution in [0.4, 0.5) is 0 Å². The first-order valence-corrected chi connectivity index (χ1v) is 4.26. The molecule has 3 nitrogen and oxygen atoms in total. The number of hydrogen-bond donors (Lipinski definition) is 2. The van der Waals surface area contributed by atoms with Gasteiger partial charge in [0.05, 0.1) is 12.2 Å². The van der Waals surface area contributed by atoms with Gasteiger partial charge in [-0.25, -0.2) is 0 Å². The fraction of sp³-hybridized carbons (Fsp3) is 1.00. The summed E-state index contributed by atoms with van der Waals surface area (Å²) in [4.78, 5) is 0. The molecule has 1 rings (SSSR count). The van der Waals surface area contributed by atoms with Crippen molar-refractivity contribution in [3.8, 4) is 0 Å². The van der Waals surface area contributed by atoms with Crippen LogP contribution >= 0.6 is 0 Å². The molecule has 0 bridgehead atoms. The van der Waals surface area contributed by atoms with Gasteiger partial charge in [0.25, 0.3) is 0 Å². The molecule has 1 aliphatic heterocycles. The summed E-state index contributed by atoms with van der Waals surface area (Å²) in [5.41, 5.74) is 5.45. The van der Waals surface area contributed by atoms with Crippen LogP contribution < -0.4 is 11.1 Å². The third-order valence-corrected chi connectivity index (χ3v) is 2.54. The van der Waals surface area contributed by atoms with E-state index in [-0.39, 0.29) is 5.60 Å². The monoisotopic (exact) mass is 158 g/mol. The summed E-state index contributed by atoms with van der Waals surface area (Å²) >= 11 is 0. The summed E-state index contributed by atoms with van der Waals surface area (Å²) in [5.74, 6) is 0. The predicted octanol–water partition coefficient (Wildman–Crippen LogP) is 0.102. The zero-order chi connectivity index (χ0) is 8.32. The van der Waals surface area contributed by atoms with E-state index in [0.29, 0.717) is 12.6 Å². The van der Waals surface area contributed by atoms with Gasteiger partial charge in [0.1, 0.15) is 0 Å². The van der Waals surface area contributed by atoms with Crippen molar-refractivity contribution in [3.05, 3.63) is 0 Å². The van der Waals surface area contributed by atoms with Crippen molar-refractivity contribution in [1.82, 2.24) is 5.32 Å². The average Bonchev–Trinajstić information content (AvgIpc) is 1.96. The Balaban J connectivity index is 2.49. The Bertz CT molecular complexity index is 125. The Kier molecular flexibility index (Phi) is 2.87. The quantitative estimate of drug-likeness (QED) is 0.599. The van der Waals surface area contributed by atoms with Crippen LogP contribution in [0.15, 0.2) is 0 Å². The first kappa shape index (κ1) is 8.97. The molecule has 0 radical (unpaired) electrons. The molecule has 66 valence electrons. The van der Waals surface area contributed by atoms with Gasteiger partial charge >= 0.3 is 0 Å². The molecule has 0 aromatic heterocycles. The second-order valence-corrected chi connectivity index (χ2v) is 3.38. The largest absolute Gasteiger partial charge is 0.372 e. The molecule has 0 amide bonds. The van der Waals surface area contributed by atoms with Crippen molar-refractivity contribution < 1.29 is 4.74 Å². The highest BCUT2D eigenvalue weighted by Gasteiger charge is 2.33. The van der Waals surface area contributed by atoms with E-state index in [0.717, 1.165) is 19.6 Å². The molecular formula is C8H18N2O. The van der Waals surface area contributed by atoms with E-state index in [1.807, 2.05) is 0 Å². The van der Waals surface area contributed by atoms with Crippen molar-refractivity contribution in [2.45, 2.75) is 31.9 Å². The van der Waals surface area contributed by atoms with E-state index in [2.05, 4.69) is 19.2 Å². The molecule has 3 N–H and O–H groups in total. The molecule has 1 heterocycles. The van der Waals surface area contributed by atoms with E-state index in [1.54, 1.807) is 0 Å². The van der Waals surface area contributed by atoms with Gasteiger partial charge in [-0.3, -0.25) is 0 Å². The minimum atomic E-state index is -0.0486. The molecule has 11 heavy (non-hydrogen) atoms. The van der Waals surface area contributed by atoms with Crippen LogP contribution in [0, 0.1) is 0 Å². The predicted molar refractivity (Wildman–Crippen MR) is 45.5 cm³/mol. The highest BCUT2D eigenvalue weighted by molar-refractivity contribution is 4.89. The first-order valence-electron chi connectivity index (χ1n) is 4.26. The SMILES string of the molecule is CC1NCCOC1(C)CCN. The van der Waals surface area contributed by atoms with Gasteiger partial charge in [-0.05, 0) is 26.8 Å². The van der Waals surface area contributed by atoms with Crippen LogP contribution in [0.1, 0.15) is 20.3 Å². The van der Waals surface area contributed by atoms with Crippen LogP contribution in [0.5, 0.6) is 0 Å². The molecule has 2 unspecified atom stereocenters. The van der Waals surface area contributed by atoms with E-state index in [1.165, 1.54) is 0 Å². The lowest BCUT2D eigenvalue weighted by Gasteiger charge is -2.40. The Morgan fingerprint density at radius 1 is 1.73 bits per heavy atom. The minimum Gasteiger partial charge on any atom is -0.372 e. The Morgan fingerprint density at radius 2 is 2.45 bits per heavy atom. The van der Waals surface area contributed by atoms with E-state index < -0.39 is 0 Å². The highest BCUT2D eigenvalue weighted by Crippen LogP contribution is 2.21. The van der Waals surface area contributed by atoms with Gasteiger partial charge in [-0.15, -0.1) is 0 Å². The smallest absolute Gasteiger partial charge is 0.0816 e. The molecule has 0 spiro atoms. The Morgan fingerprint density at radius 3 is 3.00 bits per heavy atom. The lowest BCUT2D eigenvalue weighted by molar-refractivity contribution is -0.0828. The number of nitrogens with two attached hydrogens (primary N) is 1. The van der Waals surface area contributed by atoms with Gasteiger partial charge in [0, 0.05) is 12.6 Å². The normalized spacial score (nSPS) is 39.0. The highest BCUT2D eigenvalue weighted by atomic mass is 16.5. The van der Waals surface area contributed by atoms with Crippen molar-refractivity contribution in [1.29, 1.82) is 0 Å². The van der Waals surface area contributed by atoms with Crippen molar-refractivity contribution in [2.75, 3.05) is 19.7 Å². The van der Waals surface area contributed by atoms with Gasteiger partial charge < -0.3 is 15.8 Å². The number of ether oxygens (including phenoxy) is 1. The van der Waals surface area contributed by atoms with Gasteiger partial charge in [-0.2, -0.15) is 0 Å². The summed E-state index contributed by atoms with van der Waals surface area (Å²) in [6.45, 7) is 6.73. The molecular weight excluding hydrogens is 140 g/mol. The first-order chi connectivity index (χ1) is 5.19. The molecule has 1 aliphatic rings. The lowest BCUT2D eigenvalue weighted by Crippen LogP contribution is -2.55. The summed E-state index contributed by atoms with van der Waals surface area (Å²) in [6, 6.07) is 0.416. The van der Waals surface area contributed by atoms with Crippen molar-refractivity contribution in [3.63, 3.8) is 0 Å². The number of morpholine rings is 1. The van der Waals surface area contributed by atoms with Crippen molar-refractivity contribution >= 4 is 0 Å². The molecule has 1 saturated heterocycles. The second-order valence-electron chi connectivity index (χ2n) is 3.38. The minimum absolute atomic E-state index is 0.0486. The summed E-state index contributed by atoms with van der Waals surface area (Å²) in [7, 11) is 0. The molecule has 0 aromatic carbocycles. The molecule has 1 fully saturated rings. The standard InChI is InChI=1S/C8H18N2O/c1-7-8(2,3-4-9)11-6-5-10-7/h7,10H,3-6,9H2,1-2H3. The van der Waals surface area contributed by atoms with E-state index >= 15 is 0 Å². The van der Waals surface area contributed by atoms with Crippen molar-refractivity contribution in [2.24, 2.45) is 5.73 Å². The molecule has 0 aliphatic carbocycles. The van der Waals surface area contributed by atoms with Gasteiger partial charge in [0.2, 0.25) is 0 Å². The molecule has 3 heteroatoms. The third kappa shape index (κ3) is 1.92. The summed E-state index contributed by atoms with van der Waals surface area (Å²) < 4.78 is 5.68. The molecule has 2 atom stereocenters. The lowest BCUT2D eigenvalue weighted by atomic mass is 9.92. The number of hydrogen-bond acceptors (Lipinski definition) is 3. The average molecular weight is 158 g/mol. The number of nitrogens with one attached hydrogen (secondary N) is 1. The third-order valence-electron chi connectivity index (χ3n) is 2.54. The van der Waals surface area contributed by atoms with Crippen LogP contribution in [0.2, 0.25) is 0 Å². The summed E-state index contributed by atoms with van der Waals surface area (Å²) in [5, 5.41) is 3.38. The second kappa shape index (κ2) is 3.52. The number of rotatable bonds is 2. The maximum absolute atomic E-state index is 5.68.